The highest BCUT2D eigenvalue weighted by Crippen LogP contribution is 2.26. The van der Waals surface area contributed by atoms with Crippen molar-refractivity contribution in [3.8, 4) is 5.88 Å². The van der Waals surface area contributed by atoms with Gasteiger partial charge in [0.05, 0.1) is 17.6 Å². The van der Waals surface area contributed by atoms with E-state index >= 15 is 0 Å². The van der Waals surface area contributed by atoms with Crippen LogP contribution in [0.5, 0.6) is 5.88 Å². The van der Waals surface area contributed by atoms with Crippen molar-refractivity contribution in [2.75, 3.05) is 31.6 Å². The number of halogens is 1. The first kappa shape index (κ1) is 18.1. The smallest absolute Gasteiger partial charge is 0.281 e. The maximum absolute atomic E-state index is 14.5. The van der Waals surface area contributed by atoms with E-state index in [4.69, 9.17) is 4.74 Å². The lowest BCUT2D eigenvalue weighted by Crippen LogP contribution is -2.33. The number of amides is 1. The second-order valence-corrected chi connectivity index (χ2v) is 7.47. The molecule has 0 bridgehead atoms. The average Bonchev–Trinajstić information content (AvgIpc) is 3.42. The first-order valence-corrected chi connectivity index (χ1v) is 10.1. The number of benzene rings is 1. The molecule has 152 valence electrons. The third-order valence-corrected chi connectivity index (χ3v) is 5.58. The quantitative estimate of drug-likeness (QED) is 0.715. The Morgan fingerprint density at radius 1 is 1.14 bits per heavy atom. The van der Waals surface area contributed by atoms with Crippen LogP contribution >= 0.6 is 0 Å². The molecule has 5 rings (SSSR count). The largest absolute Gasteiger partial charge is 0.474 e. The molecule has 0 aliphatic carbocycles. The highest BCUT2D eigenvalue weighted by molar-refractivity contribution is 6.03. The van der Waals surface area contributed by atoms with Gasteiger partial charge >= 0.3 is 0 Å². The molecule has 1 aromatic carbocycles. The molecule has 2 aliphatic rings. The van der Waals surface area contributed by atoms with E-state index in [-0.39, 0.29) is 11.6 Å². The molecule has 0 radical (unpaired) electrons. The number of hydrogen-bond donors (Lipinski definition) is 1. The number of anilines is 1. The Labute approximate surface area is 167 Å². The Morgan fingerprint density at radius 2 is 1.97 bits per heavy atom. The van der Waals surface area contributed by atoms with E-state index in [9.17, 15) is 9.18 Å². The summed E-state index contributed by atoms with van der Waals surface area (Å²) in [6.45, 7) is 4.58. The summed E-state index contributed by atoms with van der Waals surface area (Å²) in [6, 6.07) is 7.74. The van der Waals surface area contributed by atoms with Crippen molar-refractivity contribution in [1.82, 2.24) is 24.2 Å². The van der Waals surface area contributed by atoms with Gasteiger partial charge in [-0.05, 0) is 38.1 Å². The number of hydrogen-bond acceptors (Lipinski definition) is 5. The van der Waals surface area contributed by atoms with Gasteiger partial charge in [0.25, 0.3) is 5.91 Å². The van der Waals surface area contributed by atoms with Crippen LogP contribution < -0.4 is 10.1 Å². The monoisotopic (exact) mass is 398 g/mol. The van der Waals surface area contributed by atoms with Crippen LogP contribution in [0.1, 0.15) is 29.8 Å². The van der Waals surface area contributed by atoms with Crippen LogP contribution in [0.15, 0.2) is 24.3 Å². The second kappa shape index (κ2) is 7.47. The Balaban J connectivity index is 1.41. The summed E-state index contributed by atoms with van der Waals surface area (Å²) in [4.78, 5) is 19.7. The molecular weight excluding hydrogens is 375 g/mol. The highest BCUT2D eigenvalue weighted by Gasteiger charge is 2.28. The number of ether oxygens (including phenoxy) is 1. The van der Waals surface area contributed by atoms with Gasteiger partial charge in [-0.25, -0.2) is 9.67 Å². The number of para-hydroxylation sites is 2. The summed E-state index contributed by atoms with van der Waals surface area (Å²) in [5.41, 5.74) is 1.46. The van der Waals surface area contributed by atoms with Crippen LogP contribution in [0.2, 0.25) is 0 Å². The maximum atomic E-state index is 14.5. The molecule has 0 spiro atoms. The standard InChI is InChI=1S/C20H23FN6O2/c21-16-17(24-27-12-13-29-19(16)27)18(28)23-20-22-14-6-2-3-7-15(14)26(20)11-10-25-8-4-1-5-9-25/h2-3,6-7H,1,4-5,8-13H2,(H,22,23,28). The van der Waals surface area contributed by atoms with Crippen LogP contribution in [0.4, 0.5) is 10.3 Å². The first-order chi connectivity index (χ1) is 14.2. The van der Waals surface area contributed by atoms with Crippen molar-refractivity contribution in [2.24, 2.45) is 0 Å². The van der Waals surface area contributed by atoms with Crippen LogP contribution in [0.3, 0.4) is 0 Å². The normalized spacial score (nSPS) is 16.7. The van der Waals surface area contributed by atoms with Gasteiger partial charge < -0.3 is 14.2 Å². The summed E-state index contributed by atoms with van der Waals surface area (Å²) in [6.07, 6.45) is 3.73. The van der Waals surface area contributed by atoms with Crippen molar-refractivity contribution in [2.45, 2.75) is 32.4 Å². The molecule has 1 N–H and O–H groups in total. The van der Waals surface area contributed by atoms with E-state index in [1.165, 1.54) is 23.9 Å². The van der Waals surface area contributed by atoms with Crippen LogP contribution in [0.25, 0.3) is 11.0 Å². The molecule has 0 unspecified atom stereocenters. The molecular formula is C20H23FN6O2. The lowest BCUT2D eigenvalue weighted by molar-refractivity contribution is 0.101. The van der Waals surface area contributed by atoms with E-state index in [2.05, 4.69) is 20.3 Å². The van der Waals surface area contributed by atoms with Crippen molar-refractivity contribution in [3.63, 3.8) is 0 Å². The Bertz CT molecular complexity index is 1050. The van der Waals surface area contributed by atoms with E-state index in [0.29, 0.717) is 25.6 Å². The van der Waals surface area contributed by atoms with Gasteiger partial charge in [-0.1, -0.05) is 18.6 Å². The first-order valence-electron chi connectivity index (χ1n) is 10.1. The number of imidazole rings is 1. The molecule has 0 atom stereocenters. The highest BCUT2D eigenvalue weighted by atomic mass is 19.1. The van der Waals surface area contributed by atoms with Crippen LogP contribution in [-0.2, 0) is 13.1 Å². The number of aromatic nitrogens is 4. The molecule has 2 aliphatic heterocycles. The van der Waals surface area contributed by atoms with E-state index in [0.717, 1.165) is 30.7 Å². The van der Waals surface area contributed by atoms with Gasteiger partial charge in [0, 0.05) is 13.1 Å². The summed E-state index contributed by atoms with van der Waals surface area (Å²) in [7, 11) is 0. The molecule has 1 fully saturated rings. The number of nitrogens with zero attached hydrogens (tertiary/aromatic N) is 5. The fraction of sp³-hybridized carbons (Fsp3) is 0.450. The van der Waals surface area contributed by atoms with E-state index in [1.807, 2.05) is 28.8 Å². The maximum Gasteiger partial charge on any atom is 0.281 e. The van der Waals surface area contributed by atoms with Gasteiger partial charge in [-0.15, -0.1) is 0 Å². The Hall–Kier alpha value is -2.94. The average molecular weight is 398 g/mol. The minimum Gasteiger partial charge on any atom is -0.474 e. The summed E-state index contributed by atoms with van der Waals surface area (Å²) in [5, 5.41) is 6.81. The van der Waals surface area contributed by atoms with Gasteiger partial charge in [-0.3, -0.25) is 10.1 Å². The minimum atomic E-state index is -0.726. The topological polar surface area (TPSA) is 77.2 Å². The molecule has 29 heavy (non-hydrogen) atoms. The number of nitrogens with one attached hydrogen (secondary N) is 1. The molecule has 4 heterocycles. The van der Waals surface area contributed by atoms with Crippen LogP contribution in [-0.4, -0.2) is 56.4 Å². The van der Waals surface area contributed by atoms with Gasteiger partial charge in [0.2, 0.25) is 17.6 Å². The molecule has 9 heteroatoms. The lowest BCUT2D eigenvalue weighted by atomic mass is 10.1. The molecule has 2 aromatic heterocycles. The van der Waals surface area contributed by atoms with E-state index in [1.54, 1.807) is 0 Å². The van der Waals surface area contributed by atoms with Crippen molar-refractivity contribution >= 4 is 22.9 Å². The summed E-state index contributed by atoms with van der Waals surface area (Å²) in [5.74, 6) is -0.922. The fourth-order valence-corrected chi connectivity index (χ4v) is 4.07. The van der Waals surface area contributed by atoms with Gasteiger partial charge in [-0.2, -0.15) is 9.49 Å². The van der Waals surface area contributed by atoms with Crippen LogP contribution in [0, 0.1) is 5.82 Å². The van der Waals surface area contributed by atoms with Crippen molar-refractivity contribution in [3.05, 3.63) is 35.8 Å². The third-order valence-electron chi connectivity index (χ3n) is 5.58. The van der Waals surface area contributed by atoms with E-state index < -0.39 is 11.7 Å². The number of piperidine rings is 1. The molecule has 3 aromatic rings. The molecule has 0 saturated carbocycles. The second-order valence-electron chi connectivity index (χ2n) is 7.47. The van der Waals surface area contributed by atoms with Gasteiger partial charge in [0.1, 0.15) is 6.61 Å². The molecule has 8 nitrogen and oxygen atoms in total. The zero-order valence-corrected chi connectivity index (χ0v) is 16.1. The number of likely N-dealkylation sites (tertiary alicyclic amines) is 1. The zero-order valence-electron chi connectivity index (χ0n) is 16.1. The van der Waals surface area contributed by atoms with Gasteiger partial charge in [0.15, 0.2) is 5.69 Å². The number of carbonyl (C=O) groups excluding carboxylic acids is 1. The lowest BCUT2D eigenvalue weighted by Gasteiger charge is -2.26. The van der Waals surface area contributed by atoms with Crippen molar-refractivity contribution < 1.29 is 13.9 Å². The molecule has 1 saturated heterocycles. The van der Waals surface area contributed by atoms with Crippen molar-refractivity contribution in [1.29, 1.82) is 0 Å². The predicted octanol–water partition coefficient (Wildman–Crippen LogP) is 2.50. The Morgan fingerprint density at radius 3 is 2.79 bits per heavy atom. The summed E-state index contributed by atoms with van der Waals surface area (Å²) >= 11 is 0. The number of fused-ring (bicyclic) bond motifs is 2. The predicted molar refractivity (Wildman–Crippen MR) is 106 cm³/mol. The fourth-order valence-electron chi connectivity index (χ4n) is 4.07. The zero-order chi connectivity index (χ0) is 19.8. The number of carbonyl (C=O) groups is 1. The minimum absolute atomic E-state index is 0.0220. The number of rotatable bonds is 5. The Kier molecular flexibility index (Phi) is 4.67. The SMILES string of the molecule is O=C(Nc1nc2ccccc2n1CCN1CCCCC1)c1nn2c(c1F)OCC2. The third kappa shape index (κ3) is 3.35. The summed E-state index contributed by atoms with van der Waals surface area (Å²) < 4.78 is 23.1. The molecule has 1 amide bonds.